The predicted molar refractivity (Wildman–Crippen MR) is 141 cm³/mol. The van der Waals surface area contributed by atoms with Gasteiger partial charge in [-0.3, -0.25) is 14.2 Å². The molecule has 4 aromatic rings. The van der Waals surface area contributed by atoms with Crippen LogP contribution < -0.4 is 10.9 Å². The summed E-state index contributed by atoms with van der Waals surface area (Å²) in [6.45, 7) is 1.03. The highest BCUT2D eigenvalue weighted by Gasteiger charge is 2.27. The van der Waals surface area contributed by atoms with Gasteiger partial charge in [-0.15, -0.1) is 0 Å². The number of anilines is 1. The summed E-state index contributed by atoms with van der Waals surface area (Å²) in [6, 6.07) is 18.7. The smallest absolute Gasteiger partial charge is 0.266 e. The minimum Gasteiger partial charge on any atom is -0.325 e. The van der Waals surface area contributed by atoms with Gasteiger partial charge in [-0.25, -0.2) is 17.8 Å². The van der Waals surface area contributed by atoms with Crippen molar-refractivity contribution in [2.45, 2.75) is 22.9 Å². The first-order chi connectivity index (χ1) is 17.8. The Bertz CT molecular complexity index is 1630. The van der Waals surface area contributed by atoms with Crippen molar-refractivity contribution in [3.05, 3.63) is 89.0 Å². The number of fused-ring (bicyclic) bond motifs is 1. The summed E-state index contributed by atoms with van der Waals surface area (Å²) in [4.78, 5) is 30.6. The number of hydrogen-bond acceptors (Lipinski definition) is 6. The summed E-state index contributed by atoms with van der Waals surface area (Å²) in [5.74, 6) is -1.08. The van der Waals surface area contributed by atoms with Gasteiger partial charge in [-0.2, -0.15) is 4.31 Å². The van der Waals surface area contributed by atoms with E-state index in [0.717, 1.165) is 24.6 Å². The van der Waals surface area contributed by atoms with Crippen LogP contribution >= 0.6 is 11.8 Å². The van der Waals surface area contributed by atoms with E-state index in [0.29, 0.717) is 29.7 Å². The molecule has 0 saturated carbocycles. The number of carbonyl (C=O) groups excluding carboxylic acids is 1. The average Bonchev–Trinajstić information content (AvgIpc) is 3.45. The Morgan fingerprint density at radius 2 is 1.65 bits per heavy atom. The predicted octanol–water partition coefficient (Wildman–Crippen LogP) is 4.04. The molecular weight excluding hydrogens is 515 g/mol. The Balaban J connectivity index is 1.35. The lowest BCUT2D eigenvalue weighted by atomic mass is 10.2. The second kappa shape index (κ2) is 10.4. The summed E-state index contributed by atoms with van der Waals surface area (Å²) in [5, 5.41) is 3.24. The second-order valence-corrected chi connectivity index (χ2v) is 11.4. The molecule has 1 amide bonds. The van der Waals surface area contributed by atoms with E-state index in [2.05, 4.69) is 10.3 Å². The third kappa shape index (κ3) is 5.15. The molecule has 1 saturated heterocycles. The van der Waals surface area contributed by atoms with E-state index in [1.807, 2.05) is 0 Å². The molecule has 2 heterocycles. The Morgan fingerprint density at radius 1 is 0.973 bits per heavy atom. The maximum absolute atomic E-state index is 14.6. The van der Waals surface area contributed by atoms with Crippen molar-refractivity contribution in [2.75, 3.05) is 24.2 Å². The van der Waals surface area contributed by atoms with E-state index >= 15 is 0 Å². The molecule has 0 unspecified atom stereocenters. The van der Waals surface area contributed by atoms with Crippen LogP contribution in [0, 0.1) is 5.82 Å². The molecule has 0 bridgehead atoms. The highest BCUT2D eigenvalue weighted by Crippen LogP contribution is 2.24. The third-order valence-electron chi connectivity index (χ3n) is 6.01. The van der Waals surface area contributed by atoms with Gasteiger partial charge in [-0.05, 0) is 61.4 Å². The number of nitrogens with zero attached hydrogens (tertiary/aromatic N) is 3. The molecule has 0 aliphatic carbocycles. The molecular formula is C26H23FN4O4S2. The van der Waals surface area contributed by atoms with E-state index in [1.165, 1.54) is 51.3 Å². The molecule has 3 aromatic carbocycles. The minimum absolute atomic E-state index is 0.0449. The van der Waals surface area contributed by atoms with Gasteiger partial charge in [-0.1, -0.05) is 36.0 Å². The fourth-order valence-corrected chi connectivity index (χ4v) is 6.49. The summed E-state index contributed by atoms with van der Waals surface area (Å²) >= 11 is 1.00. The summed E-state index contributed by atoms with van der Waals surface area (Å²) in [7, 11) is -3.54. The van der Waals surface area contributed by atoms with Crippen LogP contribution in [0.2, 0.25) is 0 Å². The summed E-state index contributed by atoms with van der Waals surface area (Å²) in [6.07, 6.45) is 1.70. The Labute approximate surface area is 217 Å². The monoisotopic (exact) mass is 538 g/mol. The van der Waals surface area contributed by atoms with E-state index in [1.54, 1.807) is 30.3 Å². The maximum atomic E-state index is 14.6. The molecule has 0 atom stereocenters. The number of rotatable bonds is 7. The van der Waals surface area contributed by atoms with Gasteiger partial charge in [0.2, 0.25) is 15.9 Å². The van der Waals surface area contributed by atoms with Crippen molar-refractivity contribution in [1.29, 1.82) is 0 Å². The van der Waals surface area contributed by atoms with E-state index < -0.39 is 21.4 Å². The number of aromatic nitrogens is 2. The van der Waals surface area contributed by atoms with Crippen molar-refractivity contribution in [2.24, 2.45) is 0 Å². The van der Waals surface area contributed by atoms with Gasteiger partial charge in [0.05, 0.1) is 27.2 Å². The molecule has 1 N–H and O–H groups in total. The fraction of sp³-hybridized carbons (Fsp3) is 0.192. The molecule has 1 aliphatic heterocycles. The van der Waals surface area contributed by atoms with Gasteiger partial charge in [0.1, 0.15) is 5.82 Å². The standard InChI is InChI=1S/C26H23FN4O4S2/c27-21-8-2-4-10-23(21)31-25(33)20-7-1-3-9-22(20)29-26(31)36-17-24(32)28-18-11-13-19(14-12-18)37(34,35)30-15-5-6-16-30/h1-4,7-14H,5-6,15-17H2,(H,28,32). The van der Waals surface area contributed by atoms with E-state index in [9.17, 15) is 22.4 Å². The van der Waals surface area contributed by atoms with Gasteiger partial charge in [0.15, 0.2) is 5.16 Å². The van der Waals surface area contributed by atoms with Crippen LogP contribution in [0.1, 0.15) is 12.8 Å². The highest BCUT2D eigenvalue weighted by atomic mass is 32.2. The molecule has 37 heavy (non-hydrogen) atoms. The lowest BCUT2D eigenvalue weighted by Crippen LogP contribution is -2.27. The molecule has 1 aromatic heterocycles. The van der Waals surface area contributed by atoms with Crippen LogP contribution in [0.5, 0.6) is 0 Å². The summed E-state index contributed by atoms with van der Waals surface area (Å²) < 4.78 is 42.6. The van der Waals surface area contributed by atoms with E-state index in [-0.39, 0.29) is 27.4 Å². The first-order valence-corrected chi connectivity index (χ1v) is 14.1. The van der Waals surface area contributed by atoms with E-state index in [4.69, 9.17) is 0 Å². The zero-order chi connectivity index (χ0) is 26.0. The third-order valence-corrected chi connectivity index (χ3v) is 8.86. The quantitative estimate of drug-likeness (QED) is 0.282. The number of benzene rings is 3. The molecule has 11 heteroatoms. The molecule has 0 spiro atoms. The number of nitrogens with one attached hydrogen (secondary N) is 1. The lowest BCUT2D eigenvalue weighted by molar-refractivity contribution is -0.113. The molecule has 0 radical (unpaired) electrons. The Kier molecular flexibility index (Phi) is 7.09. The van der Waals surface area contributed by atoms with Crippen molar-refractivity contribution in [3.63, 3.8) is 0 Å². The van der Waals surface area contributed by atoms with Crippen molar-refractivity contribution < 1.29 is 17.6 Å². The van der Waals surface area contributed by atoms with Crippen LogP contribution in [-0.4, -0.2) is 47.0 Å². The Hall–Kier alpha value is -3.54. The van der Waals surface area contributed by atoms with Crippen LogP contribution in [0.25, 0.3) is 16.6 Å². The van der Waals surface area contributed by atoms with Crippen molar-refractivity contribution in [3.8, 4) is 5.69 Å². The van der Waals surface area contributed by atoms with Crippen LogP contribution in [0.15, 0.2) is 87.6 Å². The molecule has 1 aliphatic rings. The normalized spacial score (nSPS) is 14.2. The average molecular weight is 539 g/mol. The number of sulfonamides is 1. The van der Waals surface area contributed by atoms with Gasteiger partial charge in [0.25, 0.3) is 5.56 Å². The largest absolute Gasteiger partial charge is 0.325 e. The Morgan fingerprint density at radius 3 is 2.38 bits per heavy atom. The number of halogens is 1. The number of amides is 1. The van der Waals surface area contributed by atoms with Crippen LogP contribution in [0.3, 0.4) is 0 Å². The molecule has 1 fully saturated rings. The van der Waals surface area contributed by atoms with Crippen LogP contribution in [0.4, 0.5) is 10.1 Å². The fourth-order valence-electron chi connectivity index (χ4n) is 4.17. The first kappa shape index (κ1) is 25.1. The van der Waals surface area contributed by atoms with Crippen molar-refractivity contribution in [1.82, 2.24) is 13.9 Å². The highest BCUT2D eigenvalue weighted by molar-refractivity contribution is 7.99. The first-order valence-electron chi connectivity index (χ1n) is 11.6. The minimum atomic E-state index is -3.54. The van der Waals surface area contributed by atoms with Crippen molar-refractivity contribution >= 4 is 44.3 Å². The zero-order valence-corrected chi connectivity index (χ0v) is 21.3. The maximum Gasteiger partial charge on any atom is 0.266 e. The lowest BCUT2D eigenvalue weighted by Gasteiger charge is -2.16. The topological polar surface area (TPSA) is 101 Å². The van der Waals surface area contributed by atoms with Gasteiger partial charge < -0.3 is 5.32 Å². The second-order valence-electron chi connectivity index (χ2n) is 8.48. The summed E-state index contributed by atoms with van der Waals surface area (Å²) in [5.41, 5.74) is 0.485. The molecule has 8 nitrogen and oxygen atoms in total. The number of carbonyl (C=O) groups is 1. The number of para-hydroxylation sites is 2. The zero-order valence-electron chi connectivity index (χ0n) is 19.6. The number of hydrogen-bond donors (Lipinski definition) is 1. The van der Waals surface area contributed by atoms with Crippen LogP contribution in [-0.2, 0) is 14.8 Å². The molecule has 190 valence electrons. The SMILES string of the molecule is O=C(CSc1nc2ccccc2c(=O)n1-c1ccccc1F)Nc1ccc(S(=O)(=O)N2CCCC2)cc1. The molecule has 5 rings (SSSR count). The van der Waals surface area contributed by atoms with Gasteiger partial charge >= 0.3 is 0 Å². The number of thioether (sulfide) groups is 1. The van der Waals surface area contributed by atoms with Gasteiger partial charge in [0, 0.05) is 18.8 Å².